The molecule has 1 aromatic carbocycles. The Kier molecular flexibility index (Phi) is 4.31. The average Bonchev–Trinajstić information content (AvgIpc) is 3.04. The van der Waals surface area contributed by atoms with Gasteiger partial charge in [0.25, 0.3) is 0 Å². The fourth-order valence-corrected chi connectivity index (χ4v) is 5.57. The minimum Gasteiger partial charge on any atom is -0.431 e. The Morgan fingerprint density at radius 3 is 2.12 bits per heavy atom. The molecule has 1 atom stereocenters. The number of halogens is 3. The van der Waals surface area contributed by atoms with Gasteiger partial charge < -0.3 is 9.47 Å². The van der Waals surface area contributed by atoms with Crippen LogP contribution in [0, 0.1) is 0 Å². The summed E-state index contributed by atoms with van der Waals surface area (Å²) in [7, 11) is -2.18. The Morgan fingerprint density at radius 1 is 1.08 bits per heavy atom. The van der Waals surface area contributed by atoms with Crippen molar-refractivity contribution in [3.8, 4) is 0 Å². The molecule has 138 valence electrons. The number of esters is 1. The van der Waals surface area contributed by atoms with Gasteiger partial charge in [-0.3, -0.25) is 0 Å². The molecule has 1 saturated heterocycles. The minimum absolute atomic E-state index is 0.251. The zero-order chi connectivity index (χ0) is 18.5. The maximum absolute atomic E-state index is 12.8. The zero-order valence-electron chi connectivity index (χ0n) is 14.7. The molecule has 0 amide bonds. The standard InChI is InChI=1S/C18H23F3O3Si/c1-25(2,3)17(15(22)23-16(24-17)10-4-5-11-16)12-13-6-8-14(9-7-13)18(19,20)21/h6-9H,4-5,10-12H2,1-3H3. The Labute approximate surface area is 146 Å². The molecule has 0 radical (unpaired) electrons. The lowest BCUT2D eigenvalue weighted by Crippen LogP contribution is -2.59. The molecule has 1 spiro atoms. The van der Waals surface area contributed by atoms with Gasteiger partial charge in [-0.15, -0.1) is 0 Å². The van der Waals surface area contributed by atoms with Gasteiger partial charge in [-0.25, -0.2) is 4.79 Å². The van der Waals surface area contributed by atoms with E-state index in [1.165, 1.54) is 12.1 Å². The van der Waals surface area contributed by atoms with Gasteiger partial charge in [-0.05, 0) is 30.5 Å². The fraction of sp³-hybridized carbons (Fsp3) is 0.611. The predicted octanol–water partition coefficient (Wildman–Crippen LogP) is 4.71. The third-order valence-electron chi connectivity index (χ3n) is 5.28. The first-order valence-electron chi connectivity index (χ1n) is 8.57. The monoisotopic (exact) mass is 372 g/mol. The highest BCUT2D eigenvalue weighted by Gasteiger charge is 2.64. The fourth-order valence-electron chi connectivity index (χ4n) is 3.68. The van der Waals surface area contributed by atoms with Gasteiger partial charge in [0.05, 0.1) is 13.6 Å². The van der Waals surface area contributed by atoms with Crippen molar-refractivity contribution in [2.45, 2.75) is 68.9 Å². The van der Waals surface area contributed by atoms with Gasteiger partial charge in [-0.2, -0.15) is 13.2 Å². The van der Waals surface area contributed by atoms with Gasteiger partial charge in [-0.1, -0.05) is 31.8 Å². The number of rotatable bonds is 3. The van der Waals surface area contributed by atoms with Crippen LogP contribution < -0.4 is 0 Å². The molecule has 0 aromatic heterocycles. The topological polar surface area (TPSA) is 35.5 Å². The lowest BCUT2D eigenvalue weighted by Gasteiger charge is -2.37. The van der Waals surface area contributed by atoms with Crippen molar-refractivity contribution in [1.82, 2.24) is 0 Å². The summed E-state index contributed by atoms with van der Waals surface area (Å²) in [6.07, 6.45) is -0.826. The number of benzene rings is 1. The van der Waals surface area contributed by atoms with Crippen LogP contribution in [-0.4, -0.2) is 25.1 Å². The van der Waals surface area contributed by atoms with Crippen molar-refractivity contribution in [2.24, 2.45) is 0 Å². The number of alkyl halides is 3. The van der Waals surface area contributed by atoms with E-state index in [0.29, 0.717) is 18.4 Å². The maximum atomic E-state index is 12.8. The second-order valence-corrected chi connectivity index (χ2v) is 13.4. The van der Waals surface area contributed by atoms with Crippen LogP contribution in [0.1, 0.15) is 36.8 Å². The molecule has 3 nitrogen and oxygen atoms in total. The summed E-state index contributed by atoms with van der Waals surface area (Å²) < 4.78 is 50.3. The van der Waals surface area contributed by atoms with Crippen LogP contribution in [0.2, 0.25) is 19.6 Å². The molecule has 1 aliphatic carbocycles. The van der Waals surface area contributed by atoms with Crippen molar-refractivity contribution >= 4 is 14.0 Å². The second kappa shape index (κ2) is 5.84. The highest BCUT2D eigenvalue weighted by Crippen LogP contribution is 2.48. The molecular weight excluding hydrogens is 349 g/mol. The molecule has 25 heavy (non-hydrogen) atoms. The van der Waals surface area contributed by atoms with Crippen molar-refractivity contribution in [3.63, 3.8) is 0 Å². The SMILES string of the molecule is C[Si](C)(C)C1(Cc2ccc(C(F)(F)F)cc2)OC2(CCCC2)OC1=O. The second-order valence-electron chi connectivity index (χ2n) is 8.06. The molecule has 7 heteroatoms. The number of ether oxygens (including phenoxy) is 2. The summed E-state index contributed by atoms with van der Waals surface area (Å²) in [4.78, 5) is 12.8. The Balaban J connectivity index is 1.91. The molecule has 2 aliphatic rings. The summed E-state index contributed by atoms with van der Waals surface area (Å²) in [6, 6.07) is 4.97. The van der Waals surface area contributed by atoms with Crippen molar-refractivity contribution in [1.29, 1.82) is 0 Å². The van der Waals surface area contributed by atoms with Gasteiger partial charge >= 0.3 is 12.1 Å². The summed E-state index contributed by atoms with van der Waals surface area (Å²) in [5.74, 6) is -1.18. The molecule has 0 N–H and O–H groups in total. The lowest BCUT2D eigenvalue weighted by atomic mass is 10.0. The number of carbonyl (C=O) groups excluding carboxylic acids is 1. The molecule has 3 rings (SSSR count). The molecule has 1 aliphatic heterocycles. The number of carbonyl (C=O) groups is 1. The quantitative estimate of drug-likeness (QED) is 0.569. The van der Waals surface area contributed by atoms with Crippen LogP contribution in [0.4, 0.5) is 13.2 Å². The van der Waals surface area contributed by atoms with Crippen molar-refractivity contribution in [2.75, 3.05) is 0 Å². The van der Waals surface area contributed by atoms with Crippen LogP contribution in [0.3, 0.4) is 0 Å². The van der Waals surface area contributed by atoms with Crippen molar-refractivity contribution in [3.05, 3.63) is 35.4 Å². The highest BCUT2D eigenvalue weighted by atomic mass is 28.3. The van der Waals surface area contributed by atoms with E-state index >= 15 is 0 Å². The van der Waals surface area contributed by atoms with E-state index in [1.807, 2.05) is 19.6 Å². The molecule has 2 fully saturated rings. The van der Waals surface area contributed by atoms with Crippen LogP contribution in [-0.2, 0) is 26.9 Å². The average molecular weight is 372 g/mol. The van der Waals surface area contributed by atoms with E-state index in [4.69, 9.17) is 9.47 Å². The van der Waals surface area contributed by atoms with Gasteiger partial charge in [0.1, 0.15) is 0 Å². The molecule has 1 heterocycles. The van der Waals surface area contributed by atoms with E-state index < -0.39 is 30.8 Å². The summed E-state index contributed by atoms with van der Waals surface area (Å²) in [5.41, 5.74) is -0.0390. The summed E-state index contributed by atoms with van der Waals surface area (Å²) in [5, 5.41) is -1.06. The normalized spacial score (nSPS) is 26.2. The van der Waals surface area contributed by atoms with Gasteiger partial charge in [0, 0.05) is 19.3 Å². The molecule has 1 saturated carbocycles. The van der Waals surface area contributed by atoms with E-state index in [1.54, 1.807) is 0 Å². The molecular formula is C18H23F3O3Si. The first kappa shape index (κ1) is 18.4. The Morgan fingerprint density at radius 2 is 1.64 bits per heavy atom. The van der Waals surface area contributed by atoms with Gasteiger partial charge in [0.2, 0.25) is 5.79 Å². The first-order valence-corrected chi connectivity index (χ1v) is 12.1. The molecule has 1 aromatic rings. The van der Waals surface area contributed by atoms with E-state index in [2.05, 4.69) is 0 Å². The third-order valence-corrected chi connectivity index (χ3v) is 8.19. The highest BCUT2D eigenvalue weighted by molar-refractivity contribution is 6.82. The Bertz CT molecular complexity index is 658. The van der Waals surface area contributed by atoms with Crippen LogP contribution in [0.25, 0.3) is 0 Å². The summed E-state index contributed by atoms with van der Waals surface area (Å²) >= 11 is 0. The molecule has 0 bridgehead atoms. The van der Waals surface area contributed by atoms with E-state index in [9.17, 15) is 18.0 Å². The number of hydrogen-bond donors (Lipinski definition) is 0. The van der Waals surface area contributed by atoms with E-state index in [0.717, 1.165) is 25.0 Å². The first-order chi connectivity index (χ1) is 11.5. The number of hydrogen-bond acceptors (Lipinski definition) is 3. The minimum atomic E-state index is -4.37. The van der Waals surface area contributed by atoms with Gasteiger partial charge in [0.15, 0.2) is 5.22 Å². The predicted molar refractivity (Wildman–Crippen MR) is 89.6 cm³/mol. The molecule has 1 unspecified atom stereocenters. The van der Waals surface area contributed by atoms with Crippen LogP contribution >= 0.6 is 0 Å². The van der Waals surface area contributed by atoms with Crippen LogP contribution in [0.5, 0.6) is 0 Å². The van der Waals surface area contributed by atoms with Crippen LogP contribution in [0.15, 0.2) is 24.3 Å². The summed E-state index contributed by atoms with van der Waals surface area (Å²) in [6.45, 7) is 6.10. The largest absolute Gasteiger partial charge is 0.431 e. The smallest absolute Gasteiger partial charge is 0.416 e. The van der Waals surface area contributed by atoms with Crippen molar-refractivity contribution < 1.29 is 27.4 Å². The third kappa shape index (κ3) is 3.24. The maximum Gasteiger partial charge on any atom is 0.416 e. The zero-order valence-corrected chi connectivity index (χ0v) is 15.7. The lowest BCUT2D eigenvalue weighted by molar-refractivity contribution is -0.176. The van der Waals surface area contributed by atoms with E-state index in [-0.39, 0.29) is 12.4 Å². The Hall–Kier alpha value is -1.34.